The largest absolute Gasteiger partial charge is 0.309 e. The lowest BCUT2D eigenvalue weighted by molar-refractivity contribution is 1.07. The van der Waals surface area contributed by atoms with Gasteiger partial charge < -0.3 is 18.3 Å². The molecular weight excluding hydrogens is 1860 g/mol. The van der Waals surface area contributed by atoms with Gasteiger partial charge in [-0.25, -0.2) is 29.9 Å². The van der Waals surface area contributed by atoms with Gasteiger partial charge in [0.1, 0.15) is 0 Å². The Morgan fingerprint density at radius 1 is 0.113 bits per heavy atom. The van der Waals surface area contributed by atoms with E-state index >= 15 is 0 Å². The van der Waals surface area contributed by atoms with E-state index < -0.39 is 0 Å². The summed E-state index contributed by atoms with van der Waals surface area (Å²) in [5.74, 6) is 3.87. The molecule has 0 saturated carbocycles. The molecular formula is C138H86N10S2. The molecule has 0 atom stereocenters. The maximum atomic E-state index is 5.03. The Kier molecular flexibility index (Phi) is 21.1. The maximum absolute atomic E-state index is 5.03. The van der Waals surface area contributed by atoms with Crippen LogP contribution < -0.4 is 0 Å². The molecule has 0 spiro atoms. The number of para-hydroxylation sites is 6. The average molecular weight is 1950 g/mol. The number of thiophene rings is 2. The van der Waals surface area contributed by atoms with Crippen molar-refractivity contribution in [1.29, 1.82) is 0 Å². The standard InChI is InChI=1S/2C69H43N5S/c1-4-16-44(17-5-1)67-70-68(45-18-6-2-7-19-45)72-69(71-67)52-22-14-20-46(38-52)47-21-15-25-54(39-47)74-62-29-13-11-27-56(62)58-41-49(31-35-64(58)74)51-33-37-66-60(43-51)59-42-50(32-36-65(59)75-66)48-30-34-63-57(40-48)55-26-10-12-28-61(55)73(63)53-23-8-3-9-24-53;1-4-14-46(15-5-1)67-70-68(47-16-6-2-7-17-47)72-69(71-67)48-26-24-44(25-27-48)45-28-34-54(35-29-45)74-62-23-13-11-21-56(62)58-41-50(31-37-64(58)74)52-33-39-66-60(43-52)59-42-51(32-38-65(59)75-66)49-30-36-63-57(40-49)55-20-10-12-22-61(55)73(63)53-18-8-3-9-19-53/h2*1-43H. The predicted octanol–water partition coefficient (Wildman–Crippen LogP) is 36.9. The van der Waals surface area contributed by atoms with E-state index in [-0.39, 0.29) is 0 Å². The fourth-order valence-electron chi connectivity index (χ4n) is 22.3. The van der Waals surface area contributed by atoms with Gasteiger partial charge in [-0.3, -0.25) is 0 Å². The van der Waals surface area contributed by atoms with Crippen molar-refractivity contribution in [2.75, 3.05) is 0 Å². The molecule has 0 bridgehead atoms. The van der Waals surface area contributed by atoms with E-state index in [1.54, 1.807) is 0 Å². The number of hydrogen-bond donors (Lipinski definition) is 0. The number of benzene rings is 22. The van der Waals surface area contributed by atoms with E-state index in [1.807, 2.05) is 144 Å². The van der Waals surface area contributed by atoms with Crippen LogP contribution in [0.15, 0.2) is 522 Å². The van der Waals surface area contributed by atoms with Crippen LogP contribution in [0.3, 0.4) is 0 Å². The van der Waals surface area contributed by atoms with Gasteiger partial charge >= 0.3 is 0 Å². The van der Waals surface area contributed by atoms with E-state index in [4.69, 9.17) is 29.9 Å². The highest BCUT2D eigenvalue weighted by molar-refractivity contribution is 7.26. The summed E-state index contributed by atoms with van der Waals surface area (Å²) in [4.78, 5) is 29.7. The minimum absolute atomic E-state index is 0.632. The second-order valence-electron chi connectivity index (χ2n) is 38.4. The number of nitrogens with zero attached hydrogens (tertiary/aromatic N) is 10. The van der Waals surface area contributed by atoms with Crippen LogP contribution >= 0.6 is 22.7 Å². The van der Waals surface area contributed by atoms with E-state index in [0.29, 0.717) is 34.9 Å². The van der Waals surface area contributed by atoms with Gasteiger partial charge in [0.05, 0.1) is 44.1 Å². The monoisotopic (exact) mass is 1950 g/mol. The third-order valence-corrected chi connectivity index (χ3v) is 31.9. The highest BCUT2D eigenvalue weighted by atomic mass is 32.1. The van der Waals surface area contributed by atoms with Gasteiger partial charge in [-0.05, 0) is 243 Å². The lowest BCUT2D eigenvalue weighted by Gasteiger charge is -2.12. The van der Waals surface area contributed by atoms with Crippen molar-refractivity contribution in [1.82, 2.24) is 48.2 Å². The first-order valence-corrected chi connectivity index (χ1v) is 52.3. The van der Waals surface area contributed by atoms with Crippen LogP contribution in [0.25, 0.3) is 285 Å². The lowest BCUT2D eigenvalue weighted by Crippen LogP contribution is -2.00. The molecule has 0 aliphatic heterocycles. The average Bonchev–Trinajstić information content (AvgIpc) is 1.60. The highest BCUT2D eigenvalue weighted by Gasteiger charge is 2.24. The smallest absolute Gasteiger partial charge is 0.164 e. The Morgan fingerprint density at radius 2 is 0.307 bits per heavy atom. The van der Waals surface area contributed by atoms with Crippen molar-refractivity contribution in [2.45, 2.75) is 0 Å². The van der Waals surface area contributed by atoms with Gasteiger partial charge in [0.2, 0.25) is 0 Å². The van der Waals surface area contributed by atoms with Crippen LogP contribution in [0.5, 0.6) is 0 Å². The molecule has 0 unspecified atom stereocenters. The van der Waals surface area contributed by atoms with Gasteiger partial charge in [-0.15, -0.1) is 22.7 Å². The van der Waals surface area contributed by atoms with Crippen LogP contribution in [-0.2, 0) is 0 Å². The Labute approximate surface area is 871 Å². The van der Waals surface area contributed by atoms with Gasteiger partial charge in [-0.2, -0.15) is 0 Å². The molecule has 700 valence electrons. The molecule has 0 radical (unpaired) electrons. The molecule has 30 aromatic rings. The van der Waals surface area contributed by atoms with E-state index in [2.05, 4.69) is 419 Å². The normalized spacial score (nSPS) is 11.7. The van der Waals surface area contributed by atoms with Gasteiger partial charge in [-0.1, -0.05) is 346 Å². The Balaban J connectivity index is 0.000000141. The molecule has 30 rings (SSSR count). The second-order valence-corrected chi connectivity index (χ2v) is 40.6. The molecule has 0 aliphatic carbocycles. The number of fused-ring (bicyclic) bond motifs is 18. The zero-order chi connectivity index (χ0) is 98.8. The van der Waals surface area contributed by atoms with E-state index in [1.165, 1.54) is 172 Å². The van der Waals surface area contributed by atoms with Gasteiger partial charge in [0.25, 0.3) is 0 Å². The Hall–Kier alpha value is -19.5. The first-order chi connectivity index (χ1) is 74.3. The first-order valence-electron chi connectivity index (χ1n) is 50.6. The first kappa shape index (κ1) is 87.1. The van der Waals surface area contributed by atoms with Crippen LogP contribution in [0, 0.1) is 0 Å². The summed E-state index contributed by atoms with van der Waals surface area (Å²) in [7, 11) is 0. The maximum Gasteiger partial charge on any atom is 0.164 e. The van der Waals surface area contributed by atoms with Crippen LogP contribution in [0.2, 0.25) is 0 Å². The molecule has 8 aromatic heterocycles. The van der Waals surface area contributed by atoms with Gasteiger partial charge in [0.15, 0.2) is 34.9 Å². The van der Waals surface area contributed by atoms with E-state index in [0.717, 1.165) is 78.0 Å². The highest BCUT2D eigenvalue weighted by Crippen LogP contribution is 2.48. The molecule has 22 aromatic carbocycles. The minimum atomic E-state index is 0.632. The predicted molar refractivity (Wildman–Crippen MR) is 628 cm³/mol. The summed E-state index contributed by atoms with van der Waals surface area (Å²) in [5, 5.41) is 15.1. The second kappa shape index (κ2) is 36.4. The zero-order valence-corrected chi connectivity index (χ0v) is 82.6. The molecule has 12 heteroatoms. The molecule has 0 fully saturated rings. The summed E-state index contributed by atoms with van der Waals surface area (Å²) < 4.78 is 14.7. The summed E-state index contributed by atoms with van der Waals surface area (Å²) in [6.07, 6.45) is 0. The number of aromatic nitrogens is 10. The number of rotatable bonds is 16. The molecule has 0 amide bonds. The quantitative estimate of drug-likeness (QED) is 0.0956. The van der Waals surface area contributed by atoms with Crippen molar-refractivity contribution in [3.8, 4) is 158 Å². The van der Waals surface area contributed by atoms with Crippen molar-refractivity contribution >= 4 is 150 Å². The third kappa shape index (κ3) is 15.4. The van der Waals surface area contributed by atoms with Crippen LogP contribution in [0.1, 0.15) is 0 Å². The number of hydrogen-bond acceptors (Lipinski definition) is 8. The van der Waals surface area contributed by atoms with Crippen LogP contribution in [-0.4, -0.2) is 48.2 Å². The third-order valence-electron chi connectivity index (χ3n) is 29.6. The molecule has 150 heavy (non-hydrogen) atoms. The molecule has 0 N–H and O–H groups in total. The van der Waals surface area contributed by atoms with E-state index in [9.17, 15) is 0 Å². The van der Waals surface area contributed by atoms with Crippen LogP contribution in [0.4, 0.5) is 0 Å². The summed E-state index contributed by atoms with van der Waals surface area (Å²) in [6.45, 7) is 0. The summed E-state index contributed by atoms with van der Waals surface area (Å²) >= 11 is 3.73. The Bertz CT molecular complexity index is 10500. The fourth-order valence-corrected chi connectivity index (χ4v) is 24.4. The summed E-state index contributed by atoms with van der Waals surface area (Å²) in [5.41, 5.74) is 33.8. The lowest BCUT2D eigenvalue weighted by atomic mass is 9.98. The Morgan fingerprint density at radius 3 is 0.627 bits per heavy atom. The molecule has 8 heterocycles. The van der Waals surface area contributed by atoms with Crippen molar-refractivity contribution < 1.29 is 0 Å². The zero-order valence-electron chi connectivity index (χ0n) is 80.9. The molecule has 0 saturated heterocycles. The summed E-state index contributed by atoms with van der Waals surface area (Å²) in [6, 6.07) is 187. The van der Waals surface area contributed by atoms with Gasteiger partial charge in [0, 0.05) is 140 Å². The van der Waals surface area contributed by atoms with Crippen molar-refractivity contribution in [3.63, 3.8) is 0 Å². The molecule has 0 aliphatic rings. The topological polar surface area (TPSA) is 97.1 Å². The minimum Gasteiger partial charge on any atom is -0.309 e. The molecule has 10 nitrogen and oxygen atoms in total. The SMILES string of the molecule is c1ccc(-c2nc(-c3ccccc3)nc(-c3ccc(-c4ccc(-n5c6ccccc6c6cc(-c7ccc8sc9ccc(-c%10ccc%11c(c%10)c%10ccccc%10n%11-c%10ccccc%10)cc9c8c7)ccc65)cc4)cc3)n2)cc1.c1ccc(-c2nc(-c3ccccc3)nc(-c3cccc(-c4cccc(-n5c6ccccc6c6cc(-c7ccc8sc9ccc(-c%10ccc%11c(c%10)c%10ccccc%10n%11-c%10ccccc%10)cc9c8c7)ccc65)c4)c3)n2)cc1. The van der Waals surface area contributed by atoms with Crippen molar-refractivity contribution in [3.05, 3.63) is 522 Å². The fraction of sp³-hybridized carbons (Fsp3) is 0. The van der Waals surface area contributed by atoms with Crippen molar-refractivity contribution in [2.24, 2.45) is 0 Å².